The van der Waals surface area contributed by atoms with Gasteiger partial charge in [-0.25, -0.2) is 13.3 Å². The van der Waals surface area contributed by atoms with E-state index in [0.717, 1.165) is 6.20 Å². The Hall–Kier alpha value is -2.78. The summed E-state index contributed by atoms with van der Waals surface area (Å²) in [6.07, 6.45) is -2.36. The first kappa shape index (κ1) is 26.1. The molecular weight excluding hydrogens is 549 g/mol. The summed E-state index contributed by atoms with van der Waals surface area (Å²) < 4.78 is 91.3. The van der Waals surface area contributed by atoms with E-state index in [2.05, 4.69) is 11.9 Å². The number of alkyl halides is 1. The molecule has 1 fully saturated rings. The third kappa shape index (κ3) is 5.30. The number of phosphoric ester groups is 1. The van der Waals surface area contributed by atoms with Crippen LogP contribution in [0.2, 0.25) is 0 Å². The maximum atomic E-state index is 16.4. The fraction of sp³-hybridized carbons (Fsp3) is 0.519. The van der Waals surface area contributed by atoms with Gasteiger partial charge in [0.05, 0.1) is 16.3 Å². The number of rotatable bonds is 4. The Morgan fingerprint density at radius 3 is 2.55 bits per heavy atom. The predicted octanol–water partition coefficient (Wildman–Crippen LogP) is 3.62. The summed E-state index contributed by atoms with van der Waals surface area (Å²) in [6, 6.07) is 1.53. The third-order valence-electron chi connectivity index (χ3n) is 6.42. The van der Waals surface area contributed by atoms with E-state index < -0.39 is 73.6 Å². The van der Waals surface area contributed by atoms with Crippen molar-refractivity contribution in [1.82, 2.24) is 10.2 Å². The summed E-state index contributed by atoms with van der Waals surface area (Å²) in [5.41, 5.74) is -1.15. The summed E-state index contributed by atoms with van der Waals surface area (Å²) >= 11 is 0. The number of ether oxygens (including phenoxy) is 1. The Labute approximate surface area is 235 Å². The van der Waals surface area contributed by atoms with Crippen molar-refractivity contribution in [1.29, 1.82) is 0 Å². The summed E-state index contributed by atoms with van der Waals surface area (Å²) in [6.45, 7) is 9.56. The first-order chi connectivity index (χ1) is 19.4. The molecule has 1 aromatic rings. The van der Waals surface area contributed by atoms with Crippen LogP contribution in [-0.4, -0.2) is 51.8 Å². The molecule has 0 saturated carbocycles. The van der Waals surface area contributed by atoms with Crippen LogP contribution in [0, 0.1) is 18.2 Å². The number of hydrogen-bond acceptors (Lipinski definition) is 9. The molecule has 3 heterocycles. The minimum Gasteiger partial charge on any atom is -0.403 e. The molecule has 3 aliphatic rings. The summed E-state index contributed by atoms with van der Waals surface area (Å²) in [7, 11) is -5.13. The predicted molar refractivity (Wildman–Crippen MR) is 140 cm³/mol. The van der Waals surface area contributed by atoms with Gasteiger partial charge in [0.1, 0.15) is 41.7 Å². The van der Waals surface area contributed by atoms with Gasteiger partial charge in [-0.15, -0.1) is 6.42 Å². The van der Waals surface area contributed by atoms with Crippen molar-refractivity contribution in [3.63, 3.8) is 0 Å². The zero-order valence-electron chi connectivity index (χ0n) is 25.8. The Morgan fingerprint density at radius 1 is 1.35 bits per heavy atom. The van der Waals surface area contributed by atoms with Gasteiger partial charge < -0.3 is 29.7 Å². The fourth-order valence-corrected chi connectivity index (χ4v) is 5.28. The molecule has 1 unspecified atom stereocenters. The van der Waals surface area contributed by atoms with Crippen molar-refractivity contribution in [3.05, 3.63) is 52.7 Å². The Morgan fingerprint density at radius 2 is 1.98 bits per heavy atom. The number of phosphoric acid groups is 1. The summed E-state index contributed by atoms with van der Waals surface area (Å²) in [5, 5.41) is 23.5. The van der Waals surface area contributed by atoms with Gasteiger partial charge in [-0.3, -0.25) is 13.8 Å². The molecule has 1 saturated heterocycles. The van der Waals surface area contributed by atoms with Gasteiger partial charge in [0, 0.05) is 11.8 Å². The van der Waals surface area contributed by atoms with E-state index in [4.69, 9.17) is 28.8 Å². The monoisotopic (exact) mass is 585 g/mol. The lowest BCUT2D eigenvalue weighted by molar-refractivity contribution is -0.208. The van der Waals surface area contributed by atoms with Gasteiger partial charge in [0.2, 0.25) is 0 Å². The SMILES string of the molecule is [2H]C([2H])(OP1(=O)OCc2c(F)c(C(C)(C)C)cc(C(C)(C)C)c2O1)[C@@]1(F)O[C@@]([2H])(N2C=C(C#C)C(=O)NC2=C)[C@H](O)[C@@H]1O. The smallest absolute Gasteiger partial charge is 0.403 e. The number of halogens is 2. The highest BCUT2D eigenvalue weighted by Crippen LogP contribution is 2.58. The minimum atomic E-state index is -5.13. The average molecular weight is 586 g/mol. The molecule has 0 bridgehead atoms. The van der Waals surface area contributed by atoms with E-state index in [-0.39, 0.29) is 16.9 Å². The highest BCUT2D eigenvalue weighted by atomic mass is 31.2. The van der Waals surface area contributed by atoms with Crippen LogP contribution >= 0.6 is 7.82 Å². The Kier molecular flexibility index (Phi) is 6.50. The maximum absolute atomic E-state index is 16.4. The van der Waals surface area contributed by atoms with Crippen LogP contribution in [0.25, 0.3) is 0 Å². The number of carbonyl (C=O) groups is 1. The van der Waals surface area contributed by atoms with E-state index in [9.17, 15) is 19.6 Å². The number of aliphatic hydroxyl groups excluding tert-OH is 2. The zero-order valence-corrected chi connectivity index (χ0v) is 23.7. The van der Waals surface area contributed by atoms with Crippen LogP contribution in [0.4, 0.5) is 8.78 Å². The Bertz CT molecular complexity index is 1520. The molecule has 218 valence electrons. The van der Waals surface area contributed by atoms with Crippen molar-refractivity contribution in [2.45, 2.75) is 83.2 Å². The minimum absolute atomic E-state index is 0.109. The molecule has 0 radical (unpaired) electrons. The molecule has 1 aromatic carbocycles. The second-order valence-corrected chi connectivity index (χ2v) is 13.0. The molecule has 1 amide bonds. The normalized spacial score (nSPS) is 34.1. The van der Waals surface area contributed by atoms with E-state index >= 15 is 8.78 Å². The number of hydrogen-bond donors (Lipinski definition) is 3. The van der Waals surface area contributed by atoms with Gasteiger partial charge in [0.25, 0.3) is 11.8 Å². The number of nitrogens with one attached hydrogen (secondary N) is 1. The molecule has 40 heavy (non-hydrogen) atoms. The number of nitrogens with zero attached hydrogens (tertiary/aromatic N) is 1. The molecule has 4 rings (SSSR count). The van der Waals surface area contributed by atoms with Crippen LogP contribution in [0.3, 0.4) is 0 Å². The molecular formula is C27H33F2N2O8P. The first-order valence-electron chi connectivity index (χ1n) is 13.7. The van der Waals surface area contributed by atoms with Crippen LogP contribution < -0.4 is 9.84 Å². The highest BCUT2D eigenvalue weighted by Gasteiger charge is 2.59. The number of carbonyl (C=O) groups excluding carboxylic acids is 1. The highest BCUT2D eigenvalue weighted by molar-refractivity contribution is 7.49. The van der Waals surface area contributed by atoms with Gasteiger partial charge in [0.15, 0.2) is 6.20 Å². The average Bonchev–Trinajstić information content (AvgIpc) is 3.03. The maximum Gasteiger partial charge on any atom is 0.530 e. The molecule has 13 heteroatoms. The lowest BCUT2D eigenvalue weighted by atomic mass is 9.78. The lowest BCUT2D eigenvalue weighted by Crippen LogP contribution is -2.47. The second kappa shape index (κ2) is 9.94. The van der Waals surface area contributed by atoms with Crippen molar-refractivity contribution in [2.75, 3.05) is 6.56 Å². The molecule has 3 N–H and O–H groups in total. The number of fused-ring (bicyclic) bond motifs is 1. The third-order valence-corrected chi connectivity index (χ3v) is 7.59. The van der Waals surface area contributed by atoms with Crippen molar-refractivity contribution < 1.29 is 50.8 Å². The Balaban J connectivity index is 1.71. The van der Waals surface area contributed by atoms with Crippen molar-refractivity contribution in [2.24, 2.45) is 0 Å². The summed E-state index contributed by atoms with van der Waals surface area (Å²) in [5.74, 6) is -4.26. The fourth-order valence-electron chi connectivity index (χ4n) is 4.19. The van der Waals surface area contributed by atoms with Crippen molar-refractivity contribution in [3.8, 4) is 18.1 Å². The van der Waals surface area contributed by atoms with Gasteiger partial charge in [-0.2, -0.15) is 0 Å². The quantitative estimate of drug-likeness (QED) is 0.359. The number of aliphatic hydroxyl groups is 2. The van der Waals surface area contributed by atoms with E-state index in [1.807, 2.05) is 5.92 Å². The van der Waals surface area contributed by atoms with Crippen molar-refractivity contribution >= 4 is 13.7 Å². The van der Waals surface area contributed by atoms with E-state index in [1.165, 1.54) is 6.07 Å². The molecule has 0 spiro atoms. The molecule has 0 aliphatic carbocycles. The topological polar surface area (TPSA) is 127 Å². The van der Waals surface area contributed by atoms with Gasteiger partial charge in [-0.05, 0) is 22.5 Å². The standard InChI is InChI=1S/C27H33F2N2O8P/c1-9-15-11-31(14(2)30-23(15)34)24-20(32)22(33)27(29,38-24)13-37-40(35)36-12-16-19(28)17(25(3,4)5)10-18(21(16)39-40)26(6,7)8/h1,10-11,20,22,24,32-33H,2,12-13H2,3-8H3,(H,30,34)/t20-,22+,24-,27-,40?/m1/s1/i13D2,24D. The molecule has 10 nitrogen and oxygen atoms in total. The summed E-state index contributed by atoms with van der Waals surface area (Å²) in [4.78, 5) is 12.6. The van der Waals surface area contributed by atoms with Gasteiger partial charge in [-0.1, -0.05) is 54.0 Å². The first-order valence-corrected chi connectivity index (χ1v) is 13.6. The second-order valence-electron chi connectivity index (χ2n) is 11.5. The molecule has 5 atom stereocenters. The largest absolute Gasteiger partial charge is 0.530 e. The molecule has 0 aromatic heterocycles. The van der Waals surface area contributed by atoms with Gasteiger partial charge >= 0.3 is 7.82 Å². The number of amides is 1. The number of terminal acetylenes is 1. The van der Waals surface area contributed by atoms with Crippen LogP contribution in [0.1, 0.15) is 62.3 Å². The van der Waals surface area contributed by atoms with E-state index in [0.29, 0.717) is 16.0 Å². The molecule has 3 aliphatic heterocycles. The van der Waals surface area contributed by atoms with Crippen LogP contribution in [-0.2, 0) is 40.6 Å². The van der Waals surface area contributed by atoms with E-state index in [1.54, 1.807) is 41.5 Å². The lowest BCUT2D eigenvalue weighted by Gasteiger charge is -2.34. The number of benzene rings is 1. The van der Waals surface area contributed by atoms with Crippen LogP contribution in [0.15, 0.2) is 30.2 Å². The van der Waals surface area contributed by atoms with Crippen LogP contribution in [0.5, 0.6) is 5.75 Å². The zero-order chi connectivity index (χ0) is 32.7.